The first kappa shape index (κ1) is 11.0. The number of rotatable bonds is 2. The Morgan fingerprint density at radius 3 is 2.81 bits per heavy atom. The van der Waals surface area contributed by atoms with E-state index in [-0.39, 0.29) is 0 Å². The van der Waals surface area contributed by atoms with Crippen molar-refractivity contribution in [3.63, 3.8) is 0 Å². The van der Waals surface area contributed by atoms with Gasteiger partial charge in [-0.2, -0.15) is 0 Å². The molecular weight excluding hydrogens is 268 g/mol. The standard InChI is InChI=1S/C12H11BrN2O/c1-8-3-2-6-15-12(8)16-11-5-4-9(13)7-10(11)14/h2-7H,14H2,1H3. The molecule has 0 spiro atoms. The van der Waals surface area contributed by atoms with Crippen molar-refractivity contribution in [3.05, 3.63) is 46.6 Å². The monoisotopic (exact) mass is 278 g/mol. The number of nitrogens with zero attached hydrogens (tertiary/aromatic N) is 1. The number of benzene rings is 1. The maximum Gasteiger partial charge on any atom is 0.222 e. The number of hydrogen-bond donors (Lipinski definition) is 1. The molecule has 0 radical (unpaired) electrons. The van der Waals surface area contributed by atoms with Crippen LogP contribution in [0, 0.1) is 6.92 Å². The molecule has 0 aliphatic heterocycles. The molecule has 0 unspecified atom stereocenters. The summed E-state index contributed by atoms with van der Waals surface area (Å²) in [5, 5.41) is 0. The summed E-state index contributed by atoms with van der Waals surface area (Å²) in [5.41, 5.74) is 7.40. The Balaban J connectivity index is 2.31. The molecule has 2 rings (SSSR count). The Labute approximate surface area is 102 Å². The zero-order chi connectivity index (χ0) is 11.5. The van der Waals surface area contributed by atoms with Gasteiger partial charge in [0.05, 0.1) is 5.69 Å². The highest BCUT2D eigenvalue weighted by atomic mass is 79.9. The third-order valence-corrected chi connectivity index (χ3v) is 2.63. The molecule has 0 fully saturated rings. The van der Waals surface area contributed by atoms with Crippen LogP contribution in [-0.2, 0) is 0 Å². The van der Waals surface area contributed by atoms with Gasteiger partial charge in [-0.25, -0.2) is 4.98 Å². The van der Waals surface area contributed by atoms with Gasteiger partial charge in [-0.05, 0) is 31.2 Å². The molecule has 2 N–H and O–H groups in total. The van der Waals surface area contributed by atoms with E-state index in [0.29, 0.717) is 17.3 Å². The maximum absolute atomic E-state index is 5.84. The lowest BCUT2D eigenvalue weighted by Gasteiger charge is -2.09. The molecule has 16 heavy (non-hydrogen) atoms. The lowest BCUT2D eigenvalue weighted by molar-refractivity contribution is 0.461. The van der Waals surface area contributed by atoms with Crippen molar-refractivity contribution >= 4 is 21.6 Å². The van der Waals surface area contributed by atoms with Crippen molar-refractivity contribution in [1.29, 1.82) is 0 Å². The second kappa shape index (κ2) is 4.53. The third-order valence-electron chi connectivity index (χ3n) is 2.14. The van der Waals surface area contributed by atoms with Gasteiger partial charge in [0.25, 0.3) is 0 Å². The van der Waals surface area contributed by atoms with Crippen LogP contribution in [0.2, 0.25) is 0 Å². The van der Waals surface area contributed by atoms with Crippen LogP contribution in [0.4, 0.5) is 5.69 Å². The highest BCUT2D eigenvalue weighted by Crippen LogP contribution is 2.29. The SMILES string of the molecule is Cc1cccnc1Oc1ccc(Br)cc1N. The van der Waals surface area contributed by atoms with Crippen LogP contribution in [0.1, 0.15) is 5.56 Å². The molecule has 4 heteroatoms. The number of halogens is 1. The first-order chi connectivity index (χ1) is 7.66. The number of aryl methyl sites for hydroxylation is 1. The number of hydrogen-bond acceptors (Lipinski definition) is 3. The number of ether oxygens (including phenoxy) is 1. The van der Waals surface area contributed by atoms with Crippen LogP contribution in [-0.4, -0.2) is 4.98 Å². The van der Waals surface area contributed by atoms with Gasteiger partial charge in [0, 0.05) is 16.2 Å². The molecule has 0 saturated heterocycles. The quantitative estimate of drug-likeness (QED) is 0.855. The van der Waals surface area contributed by atoms with Crippen LogP contribution in [0.25, 0.3) is 0 Å². The summed E-state index contributed by atoms with van der Waals surface area (Å²) < 4.78 is 6.56. The van der Waals surface area contributed by atoms with E-state index in [4.69, 9.17) is 10.5 Å². The van der Waals surface area contributed by atoms with Gasteiger partial charge in [-0.1, -0.05) is 22.0 Å². The van der Waals surface area contributed by atoms with Crippen molar-refractivity contribution in [1.82, 2.24) is 4.98 Å². The first-order valence-corrected chi connectivity index (χ1v) is 5.60. The summed E-state index contributed by atoms with van der Waals surface area (Å²) in [7, 11) is 0. The number of anilines is 1. The Morgan fingerprint density at radius 1 is 1.31 bits per heavy atom. The van der Waals surface area contributed by atoms with E-state index >= 15 is 0 Å². The zero-order valence-corrected chi connectivity index (χ0v) is 10.4. The predicted octanol–water partition coefficient (Wildman–Crippen LogP) is 3.53. The van der Waals surface area contributed by atoms with Gasteiger partial charge in [0.15, 0.2) is 5.75 Å². The minimum Gasteiger partial charge on any atom is -0.437 e. The van der Waals surface area contributed by atoms with Gasteiger partial charge in [-0.15, -0.1) is 0 Å². The maximum atomic E-state index is 5.84. The molecule has 1 aromatic heterocycles. The van der Waals surface area contributed by atoms with Crippen molar-refractivity contribution < 1.29 is 4.74 Å². The molecule has 0 atom stereocenters. The summed E-state index contributed by atoms with van der Waals surface area (Å²) >= 11 is 3.34. The lowest BCUT2D eigenvalue weighted by Crippen LogP contribution is -1.94. The van der Waals surface area contributed by atoms with Crippen LogP contribution in [0.3, 0.4) is 0 Å². The number of pyridine rings is 1. The Bertz CT molecular complexity index is 514. The van der Waals surface area contributed by atoms with E-state index in [1.54, 1.807) is 12.3 Å². The summed E-state index contributed by atoms with van der Waals surface area (Å²) in [6.07, 6.45) is 1.69. The van der Waals surface area contributed by atoms with E-state index in [0.717, 1.165) is 10.0 Å². The molecule has 3 nitrogen and oxygen atoms in total. The molecule has 0 saturated carbocycles. The fourth-order valence-corrected chi connectivity index (χ4v) is 1.67. The fraction of sp³-hybridized carbons (Fsp3) is 0.0833. The Morgan fingerprint density at radius 2 is 2.12 bits per heavy atom. The highest BCUT2D eigenvalue weighted by molar-refractivity contribution is 9.10. The molecule has 0 aliphatic carbocycles. The van der Waals surface area contributed by atoms with E-state index in [2.05, 4.69) is 20.9 Å². The Kier molecular flexibility index (Phi) is 3.10. The normalized spacial score (nSPS) is 10.1. The minimum atomic E-state index is 0.580. The topological polar surface area (TPSA) is 48.1 Å². The largest absolute Gasteiger partial charge is 0.437 e. The van der Waals surface area contributed by atoms with Crippen molar-refractivity contribution in [3.8, 4) is 11.6 Å². The van der Waals surface area contributed by atoms with E-state index < -0.39 is 0 Å². The van der Waals surface area contributed by atoms with E-state index in [1.807, 2.05) is 31.2 Å². The second-order valence-corrected chi connectivity index (χ2v) is 4.33. The van der Waals surface area contributed by atoms with Crippen LogP contribution < -0.4 is 10.5 Å². The number of nitrogen functional groups attached to an aromatic ring is 1. The van der Waals surface area contributed by atoms with Crippen molar-refractivity contribution in [2.45, 2.75) is 6.92 Å². The van der Waals surface area contributed by atoms with Gasteiger partial charge < -0.3 is 10.5 Å². The summed E-state index contributed by atoms with van der Waals surface area (Å²) in [5.74, 6) is 1.20. The summed E-state index contributed by atoms with van der Waals surface area (Å²) in [6, 6.07) is 9.30. The Hall–Kier alpha value is -1.55. The molecule has 0 aliphatic rings. The van der Waals surface area contributed by atoms with Gasteiger partial charge >= 0.3 is 0 Å². The van der Waals surface area contributed by atoms with Crippen LogP contribution >= 0.6 is 15.9 Å². The van der Waals surface area contributed by atoms with Crippen molar-refractivity contribution in [2.75, 3.05) is 5.73 Å². The van der Waals surface area contributed by atoms with Gasteiger partial charge in [0.2, 0.25) is 5.88 Å². The number of aromatic nitrogens is 1. The van der Waals surface area contributed by atoms with E-state index in [9.17, 15) is 0 Å². The van der Waals surface area contributed by atoms with Gasteiger partial charge in [-0.3, -0.25) is 0 Å². The van der Waals surface area contributed by atoms with Crippen LogP contribution in [0.5, 0.6) is 11.6 Å². The average Bonchev–Trinajstić information content (AvgIpc) is 2.25. The molecule has 2 aromatic rings. The third kappa shape index (κ3) is 2.33. The molecular formula is C12H11BrN2O. The number of nitrogens with two attached hydrogens (primary N) is 1. The second-order valence-electron chi connectivity index (χ2n) is 3.41. The fourth-order valence-electron chi connectivity index (χ4n) is 1.29. The average molecular weight is 279 g/mol. The van der Waals surface area contributed by atoms with Crippen LogP contribution in [0.15, 0.2) is 41.0 Å². The van der Waals surface area contributed by atoms with Gasteiger partial charge in [0.1, 0.15) is 0 Å². The van der Waals surface area contributed by atoms with E-state index in [1.165, 1.54) is 0 Å². The summed E-state index contributed by atoms with van der Waals surface area (Å²) in [6.45, 7) is 1.94. The first-order valence-electron chi connectivity index (χ1n) is 4.81. The highest BCUT2D eigenvalue weighted by Gasteiger charge is 2.05. The minimum absolute atomic E-state index is 0.580. The smallest absolute Gasteiger partial charge is 0.222 e. The molecule has 1 aromatic carbocycles. The zero-order valence-electron chi connectivity index (χ0n) is 8.77. The molecule has 0 amide bonds. The molecule has 0 bridgehead atoms. The molecule has 82 valence electrons. The summed E-state index contributed by atoms with van der Waals surface area (Å²) in [4.78, 5) is 4.15. The lowest BCUT2D eigenvalue weighted by atomic mass is 10.3. The van der Waals surface area contributed by atoms with Crippen molar-refractivity contribution in [2.24, 2.45) is 0 Å². The predicted molar refractivity (Wildman–Crippen MR) is 67.6 cm³/mol. The molecule has 1 heterocycles.